The summed E-state index contributed by atoms with van der Waals surface area (Å²) in [6.07, 6.45) is 1.56. The van der Waals surface area contributed by atoms with Crippen LogP contribution >= 0.6 is 0 Å². The molecule has 1 amide bonds. The van der Waals surface area contributed by atoms with Crippen molar-refractivity contribution in [3.05, 3.63) is 61.7 Å². The second-order valence-corrected chi connectivity index (χ2v) is 5.32. The lowest BCUT2D eigenvalue weighted by Gasteiger charge is -2.19. The highest BCUT2D eigenvalue weighted by molar-refractivity contribution is 6.03. The van der Waals surface area contributed by atoms with E-state index in [0.717, 1.165) is 16.3 Å². The van der Waals surface area contributed by atoms with E-state index in [9.17, 15) is 18.8 Å². The molecule has 3 rings (SSSR count). The van der Waals surface area contributed by atoms with Gasteiger partial charge in [-0.3, -0.25) is 14.2 Å². The molecule has 0 saturated heterocycles. The van der Waals surface area contributed by atoms with E-state index >= 15 is 0 Å². The molecule has 1 aromatic carbocycles. The van der Waals surface area contributed by atoms with Crippen LogP contribution < -0.4 is 21.9 Å². The lowest BCUT2D eigenvalue weighted by atomic mass is 9.99. The molecule has 2 aromatic rings. The van der Waals surface area contributed by atoms with Gasteiger partial charge in [-0.25, -0.2) is 9.18 Å². The average Bonchev–Trinajstić information content (AvgIpc) is 2.55. The van der Waals surface area contributed by atoms with Crippen molar-refractivity contribution in [2.45, 2.75) is 13.0 Å². The highest BCUT2D eigenvalue weighted by Crippen LogP contribution is 2.24. The normalized spacial score (nSPS) is 13.5. The summed E-state index contributed by atoms with van der Waals surface area (Å²) in [4.78, 5) is 37.7. The van der Waals surface area contributed by atoms with Crippen LogP contribution in [-0.4, -0.2) is 22.0 Å². The summed E-state index contributed by atoms with van der Waals surface area (Å²) in [6, 6.07) is 3.21. The fourth-order valence-corrected chi connectivity index (χ4v) is 2.55. The van der Waals surface area contributed by atoms with Gasteiger partial charge in [0.1, 0.15) is 11.4 Å². The van der Waals surface area contributed by atoms with Gasteiger partial charge in [0, 0.05) is 19.8 Å². The summed E-state index contributed by atoms with van der Waals surface area (Å²) in [6.45, 7) is 1.25. The molecule has 8 heteroatoms. The third-order valence-electron chi connectivity index (χ3n) is 3.88. The number of fused-ring (bicyclic) bond motifs is 1. The summed E-state index contributed by atoms with van der Waals surface area (Å²) < 4.78 is 15.3. The Hall–Kier alpha value is -2.74. The number of hydrogen-bond acceptors (Lipinski definition) is 4. The van der Waals surface area contributed by atoms with Crippen LogP contribution in [0.2, 0.25) is 0 Å². The molecule has 0 aliphatic carbocycles. The predicted molar refractivity (Wildman–Crippen MR) is 82.1 cm³/mol. The third kappa shape index (κ3) is 2.68. The lowest BCUT2D eigenvalue weighted by molar-refractivity contribution is 0.102. The molecule has 1 aliphatic heterocycles. The predicted octanol–water partition coefficient (Wildman–Crippen LogP) is 0.111. The van der Waals surface area contributed by atoms with Crippen LogP contribution in [0.4, 0.5) is 10.1 Å². The quantitative estimate of drug-likeness (QED) is 0.732. The molecule has 23 heavy (non-hydrogen) atoms. The Kier molecular flexibility index (Phi) is 3.83. The van der Waals surface area contributed by atoms with Gasteiger partial charge in [-0.05, 0) is 30.2 Å². The van der Waals surface area contributed by atoms with Gasteiger partial charge in [0.25, 0.3) is 11.5 Å². The number of nitrogens with zero attached hydrogens (tertiary/aromatic N) is 1. The van der Waals surface area contributed by atoms with Gasteiger partial charge in [0.2, 0.25) is 0 Å². The van der Waals surface area contributed by atoms with Gasteiger partial charge in [0.05, 0.1) is 5.69 Å². The average molecular weight is 318 g/mol. The number of hydrogen-bond donors (Lipinski definition) is 3. The van der Waals surface area contributed by atoms with Gasteiger partial charge in [-0.2, -0.15) is 0 Å². The summed E-state index contributed by atoms with van der Waals surface area (Å²) in [5.74, 6) is -1.26. The Morgan fingerprint density at radius 1 is 1.35 bits per heavy atom. The smallest absolute Gasteiger partial charge is 0.319 e. The van der Waals surface area contributed by atoms with E-state index in [1.807, 2.05) is 0 Å². The molecule has 0 radical (unpaired) electrons. The standard InChI is InChI=1S/C15H15FN4O3/c1-20-14(22)10(7-18-15(20)23)13(21)19-11-3-2-8-6-17-5-4-9(8)12(11)16/h2-3,7,17H,4-6H2,1H3,(H,18,23)(H,19,21). The number of rotatable bonds is 2. The first-order valence-electron chi connectivity index (χ1n) is 7.10. The van der Waals surface area contributed by atoms with Gasteiger partial charge in [-0.15, -0.1) is 0 Å². The van der Waals surface area contributed by atoms with E-state index < -0.39 is 23.0 Å². The molecular formula is C15H15FN4O3. The first kappa shape index (κ1) is 15.2. The van der Waals surface area contributed by atoms with Gasteiger partial charge >= 0.3 is 5.69 Å². The minimum Gasteiger partial charge on any atom is -0.319 e. The molecule has 0 unspecified atom stereocenters. The van der Waals surface area contributed by atoms with Crippen molar-refractivity contribution in [2.24, 2.45) is 7.05 Å². The van der Waals surface area contributed by atoms with E-state index in [4.69, 9.17) is 0 Å². The van der Waals surface area contributed by atoms with Crippen LogP contribution in [0.1, 0.15) is 21.5 Å². The number of carbonyl (C=O) groups is 1. The molecule has 1 aromatic heterocycles. The SMILES string of the molecule is Cn1c(=O)[nH]cc(C(=O)Nc2ccc3c(c2F)CCNC3)c1=O. The van der Waals surface area contributed by atoms with E-state index in [-0.39, 0.29) is 11.3 Å². The number of halogens is 1. The molecular weight excluding hydrogens is 303 g/mol. The van der Waals surface area contributed by atoms with Crippen LogP contribution in [0.25, 0.3) is 0 Å². The Morgan fingerprint density at radius 2 is 2.13 bits per heavy atom. The maximum Gasteiger partial charge on any atom is 0.328 e. The maximum absolute atomic E-state index is 14.5. The molecule has 0 atom stereocenters. The second kappa shape index (κ2) is 5.81. The molecule has 0 saturated carbocycles. The number of nitrogens with one attached hydrogen (secondary N) is 3. The van der Waals surface area contributed by atoms with Crippen molar-refractivity contribution in [1.29, 1.82) is 0 Å². The molecule has 1 aliphatic rings. The van der Waals surface area contributed by atoms with Crippen LogP contribution in [0.15, 0.2) is 27.9 Å². The summed E-state index contributed by atoms with van der Waals surface area (Å²) in [5.41, 5.74) is -0.190. The topological polar surface area (TPSA) is 96.0 Å². The molecule has 2 heterocycles. The lowest BCUT2D eigenvalue weighted by Crippen LogP contribution is -2.37. The van der Waals surface area contributed by atoms with Crippen LogP contribution in [0.3, 0.4) is 0 Å². The fourth-order valence-electron chi connectivity index (χ4n) is 2.55. The zero-order chi connectivity index (χ0) is 16.6. The Bertz CT molecular complexity index is 901. The number of benzene rings is 1. The number of H-pyrrole nitrogens is 1. The highest BCUT2D eigenvalue weighted by atomic mass is 19.1. The summed E-state index contributed by atoms with van der Waals surface area (Å²) in [7, 11) is 1.25. The van der Waals surface area contributed by atoms with E-state index in [0.29, 0.717) is 25.1 Å². The van der Waals surface area contributed by atoms with Crippen LogP contribution in [-0.2, 0) is 20.0 Å². The zero-order valence-corrected chi connectivity index (χ0v) is 12.4. The number of aromatic nitrogens is 2. The molecule has 120 valence electrons. The first-order valence-corrected chi connectivity index (χ1v) is 7.10. The Labute approximate surface area is 130 Å². The molecule has 0 fully saturated rings. The number of anilines is 1. The van der Waals surface area contributed by atoms with Crippen molar-refractivity contribution in [3.63, 3.8) is 0 Å². The Balaban J connectivity index is 1.94. The van der Waals surface area contributed by atoms with Crippen molar-refractivity contribution in [2.75, 3.05) is 11.9 Å². The van der Waals surface area contributed by atoms with Gasteiger partial charge < -0.3 is 15.6 Å². The van der Waals surface area contributed by atoms with E-state index in [1.54, 1.807) is 6.07 Å². The van der Waals surface area contributed by atoms with Crippen LogP contribution in [0, 0.1) is 5.82 Å². The van der Waals surface area contributed by atoms with Gasteiger partial charge in [0.15, 0.2) is 0 Å². The molecule has 3 N–H and O–H groups in total. The monoisotopic (exact) mass is 318 g/mol. The minimum atomic E-state index is -0.769. The van der Waals surface area contributed by atoms with E-state index in [1.165, 1.54) is 13.1 Å². The minimum absolute atomic E-state index is 0.0175. The van der Waals surface area contributed by atoms with Gasteiger partial charge in [-0.1, -0.05) is 6.07 Å². The number of carbonyl (C=O) groups excluding carboxylic acids is 1. The number of aromatic amines is 1. The second-order valence-electron chi connectivity index (χ2n) is 5.32. The van der Waals surface area contributed by atoms with E-state index in [2.05, 4.69) is 15.6 Å². The highest BCUT2D eigenvalue weighted by Gasteiger charge is 2.19. The fraction of sp³-hybridized carbons (Fsp3) is 0.267. The van der Waals surface area contributed by atoms with Crippen molar-refractivity contribution in [1.82, 2.24) is 14.9 Å². The Morgan fingerprint density at radius 3 is 2.91 bits per heavy atom. The molecule has 7 nitrogen and oxygen atoms in total. The molecule has 0 bridgehead atoms. The van der Waals surface area contributed by atoms with Crippen LogP contribution in [0.5, 0.6) is 0 Å². The maximum atomic E-state index is 14.5. The summed E-state index contributed by atoms with van der Waals surface area (Å²) >= 11 is 0. The van der Waals surface area contributed by atoms with Crippen molar-refractivity contribution in [3.8, 4) is 0 Å². The summed E-state index contributed by atoms with van der Waals surface area (Å²) in [5, 5.41) is 5.54. The first-order chi connectivity index (χ1) is 11.0. The largest absolute Gasteiger partial charge is 0.328 e. The number of amides is 1. The molecule has 0 spiro atoms. The van der Waals surface area contributed by atoms with Crippen molar-refractivity contribution >= 4 is 11.6 Å². The zero-order valence-electron chi connectivity index (χ0n) is 12.4. The third-order valence-corrected chi connectivity index (χ3v) is 3.88. The van der Waals surface area contributed by atoms with Crippen molar-refractivity contribution < 1.29 is 9.18 Å².